The smallest absolute Gasteiger partial charge is 0.273 e. The van der Waals surface area contributed by atoms with Gasteiger partial charge >= 0.3 is 0 Å². The summed E-state index contributed by atoms with van der Waals surface area (Å²) >= 11 is 1.15. The Balaban J connectivity index is 1.60. The van der Waals surface area contributed by atoms with E-state index in [9.17, 15) is 14.9 Å². The van der Waals surface area contributed by atoms with Crippen molar-refractivity contribution < 1.29 is 9.53 Å². The third-order valence-corrected chi connectivity index (χ3v) is 7.41. The summed E-state index contributed by atoms with van der Waals surface area (Å²) in [5, 5.41) is 15.0. The number of nitrogens with zero attached hydrogens (tertiary/aromatic N) is 3. The van der Waals surface area contributed by atoms with Gasteiger partial charge in [-0.2, -0.15) is 5.26 Å². The first-order chi connectivity index (χ1) is 18.2. The lowest BCUT2D eigenvalue weighted by Gasteiger charge is -2.26. The normalized spacial score (nSPS) is 15.4. The minimum atomic E-state index is -0.488. The van der Waals surface area contributed by atoms with Crippen LogP contribution in [0, 0.1) is 11.3 Å². The molecule has 0 radical (unpaired) electrons. The Bertz CT molecular complexity index is 1640. The Morgan fingerprint density at radius 3 is 2.54 bits per heavy atom. The summed E-state index contributed by atoms with van der Waals surface area (Å²) in [5.74, 6) is -0.488. The van der Waals surface area contributed by atoms with Crippen molar-refractivity contribution in [2.45, 2.75) is 0 Å². The second-order valence-corrected chi connectivity index (χ2v) is 9.69. The number of rotatable bonds is 6. The second kappa shape index (κ2) is 11.4. The molecule has 1 N–H and O–H groups in total. The van der Waals surface area contributed by atoms with Crippen LogP contribution in [-0.4, -0.2) is 54.8 Å². The number of morpholine rings is 1. The fourth-order valence-electron chi connectivity index (χ4n) is 4.42. The highest BCUT2D eigenvalue weighted by Gasteiger charge is 2.18. The highest BCUT2D eigenvalue weighted by molar-refractivity contribution is 7.07. The van der Waals surface area contributed by atoms with Crippen molar-refractivity contribution in [3.05, 3.63) is 97.9 Å². The zero-order valence-corrected chi connectivity index (χ0v) is 21.0. The molecule has 37 heavy (non-hydrogen) atoms. The maximum Gasteiger partial charge on any atom is 0.273 e. The van der Waals surface area contributed by atoms with E-state index >= 15 is 0 Å². The van der Waals surface area contributed by atoms with Gasteiger partial charge in [-0.15, -0.1) is 11.3 Å². The maximum atomic E-state index is 13.7. The summed E-state index contributed by atoms with van der Waals surface area (Å²) in [5.41, 5.74) is 1.15. The van der Waals surface area contributed by atoms with Gasteiger partial charge in [0.2, 0.25) is 0 Å². The van der Waals surface area contributed by atoms with E-state index in [4.69, 9.17) is 4.74 Å². The van der Waals surface area contributed by atoms with Crippen LogP contribution in [0.2, 0.25) is 0 Å². The molecule has 1 aliphatic heterocycles. The molecule has 0 saturated carbocycles. The number of hydrogen-bond acceptors (Lipinski definition) is 6. The van der Waals surface area contributed by atoms with E-state index in [0.29, 0.717) is 41.2 Å². The third kappa shape index (κ3) is 5.39. The summed E-state index contributed by atoms with van der Waals surface area (Å²) in [7, 11) is 0. The predicted molar refractivity (Wildman–Crippen MR) is 146 cm³/mol. The maximum absolute atomic E-state index is 13.7. The zero-order valence-electron chi connectivity index (χ0n) is 20.2. The lowest BCUT2D eigenvalue weighted by atomic mass is 10.0. The quantitative estimate of drug-likeness (QED) is 0.429. The summed E-state index contributed by atoms with van der Waals surface area (Å²) in [6, 6.07) is 25.1. The van der Waals surface area contributed by atoms with Gasteiger partial charge < -0.3 is 10.1 Å². The van der Waals surface area contributed by atoms with Crippen LogP contribution in [0.5, 0.6) is 0 Å². The van der Waals surface area contributed by atoms with E-state index in [0.717, 1.165) is 40.8 Å². The number of fused-ring (bicyclic) bond motifs is 1. The Kier molecular flexibility index (Phi) is 7.57. The molecule has 4 aromatic rings. The Hall–Kier alpha value is -4.03. The minimum Gasteiger partial charge on any atom is -0.379 e. The van der Waals surface area contributed by atoms with Gasteiger partial charge in [0, 0.05) is 26.2 Å². The molecule has 0 atom stereocenters. The number of para-hydroxylation sites is 1. The Labute approximate surface area is 218 Å². The number of benzene rings is 3. The monoisotopic (exact) mass is 510 g/mol. The van der Waals surface area contributed by atoms with E-state index in [1.54, 1.807) is 12.1 Å². The summed E-state index contributed by atoms with van der Waals surface area (Å²) in [4.78, 5) is 29.0. The first-order valence-corrected chi connectivity index (χ1v) is 13.0. The van der Waals surface area contributed by atoms with Gasteiger partial charge in [-0.25, -0.2) is 0 Å². The number of nitriles is 1. The number of nitrogens with one attached hydrogen (secondary N) is 1. The second-order valence-electron chi connectivity index (χ2n) is 8.66. The molecule has 5 rings (SSSR count). The summed E-state index contributed by atoms with van der Waals surface area (Å²) < 4.78 is 7.59. The van der Waals surface area contributed by atoms with Crippen LogP contribution in [0.1, 0.15) is 5.56 Å². The number of thiazole rings is 1. The molecule has 2 heterocycles. The molecule has 1 fully saturated rings. The van der Waals surface area contributed by atoms with Crippen molar-refractivity contribution in [2.24, 2.45) is 0 Å². The van der Waals surface area contributed by atoms with Crippen LogP contribution in [-0.2, 0) is 9.53 Å². The molecule has 0 aliphatic carbocycles. The molecule has 1 aliphatic rings. The fourth-order valence-corrected chi connectivity index (χ4v) is 5.51. The van der Waals surface area contributed by atoms with Crippen LogP contribution in [0.3, 0.4) is 0 Å². The average molecular weight is 511 g/mol. The van der Waals surface area contributed by atoms with Gasteiger partial charge in [0.05, 0.1) is 23.4 Å². The lowest BCUT2D eigenvalue weighted by molar-refractivity contribution is -0.115. The molecule has 1 aromatic heterocycles. The van der Waals surface area contributed by atoms with Crippen molar-refractivity contribution in [1.29, 1.82) is 5.26 Å². The van der Waals surface area contributed by atoms with Gasteiger partial charge in [-0.05, 0) is 34.5 Å². The highest BCUT2D eigenvalue weighted by Crippen LogP contribution is 2.18. The van der Waals surface area contributed by atoms with E-state index in [-0.39, 0.29) is 11.1 Å². The van der Waals surface area contributed by atoms with Crippen LogP contribution >= 0.6 is 11.3 Å². The van der Waals surface area contributed by atoms with Gasteiger partial charge in [0.15, 0.2) is 5.57 Å². The standard InChI is InChI=1S/C29H26N4O3S/c30-20-25(27(34)31-13-14-32-15-17-36-18-16-32)29-33(23-10-2-1-3-11-23)28(35)26(37-29)19-22-9-6-8-21-7-4-5-12-24(21)22/h1-12,19H,13-18H2,(H,31,34)/b26-19-,29-25-. The topological polar surface area (TPSA) is 87.4 Å². The fraction of sp³-hybridized carbons (Fsp3) is 0.207. The van der Waals surface area contributed by atoms with Gasteiger partial charge in [0.1, 0.15) is 10.7 Å². The molecule has 8 heteroatoms. The van der Waals surface area contributed by atoms with Crippen LogP contribution in [0.15, 0.2) is 77.6 Å². The lowest BCUT2D eigenvalue weighted by Crippen LogP contribution is -2.42. The van der Waals surface area contributed by atoms with E-state index in [2.05, 4.69) is 16.3 Å². The molecular weight excluding hydrogens is 484 g/mol. The van der Waals surface area contributed by atoms with Crippen molar-refractivity contribution in [2.75, 3.05) is 39.4 Å². The van der Waals surface area contributed by atoms with E-state index in [1.165, 1.54) is 4.57 Å². The number of ether oxygens (including phenoxy) is 1. The third-order valence-electron chi connectivity index (χ3n) is 6.32. The SMILES string of the molecule is N#C/C(C(=O)NCCN1CCOCC1)=c1/s/c(=C\c2cccc3ccccc23)c(=O)n1-c1ccccc1. The van der Waals surface area contributed by atoms with Crippen molar-refractivity contribution >= 4 is 39.7 Å². The molecule has 0 spiro atoms. The number of carbonyl (C=O) groups is 1. The molecule has 0 unspecified atom stereocenters. The number of hydrogen-bond donors (Lipinski definition) is 1. The largest absolute Gasteiger partial charge is 0.379 e. The van der Waals surface area contributed by atoms with Gasteiger partial charge in [0.25, 0.3) is 11.5 Å². The molecule has 1 amide bonds. The van der Waals surface area contributed by atoms with Gasteiger partial charge in [-0.3, -0.25) is 19.1 Å². The molecule has 0 bridgehead atoms. The van der Waals surface area contributed by atoms with Crippen LogP contribution in [0.4, 0.5) is 0 Å². The predicted octanol–water partition coefficient (Wildman–Crippen LogP) is 2.00. The van der Waals surface area contributed by atoms with E-state index < -0.39 is 5.91 Å². The first-order valence-electron chi connectivity index (χ1n) is 12.1. The van der Waals surface area contributed by atoms with Crippen LogP contribution < -0.4 is 20.1 Å². The summed E-state index contributed by atoms with van der Waals surface area (Å²) in [6.45, 7) is 4.06. The zero-order chi connectivity index (χ0) is 25.6. The van der Waals surface area contributed by atoms with Gasteiger partial charge in [-0.1, -0.05) is 60.7 Å². The van der Waals surface area contributed by atoms with Crippen molar-refractivity contribution in [3.63, 3.8) is 0 Å². The summed E-state index contributed by atoms with van der Waals surface area (Å²) in [6.07, 6.45) is 1.84. The highest BCUT2D eigenvalue weighted by atomic mass is 32.1. The number of aromatic nitrogens is 1. The number of amides is 1. The average Bonchev–Trinajstić information content (AvgIpc) is 3.25. The minimum absolute atomic E-state index is 0.0782. The molecule has 7 nitrogen and oxygen atoms in total. The first kappa shape index (κ1) is 24.7. The van der Waals surface area contributed by atoms with Crippen LogP contribution in [0.25, 0.3) is 28.1 Å². The molecule has 186 valence electrons. The molecular formula is C29H26N4O3S. The Morgan fingerprint density at radius 2 is 1.76 bits per heavy atom. The van der Waals surface area contributed by atoms with E-state index in [1.807, 2.05) is 66.7 Å². The van der Waals surface area contributed by atoms with Crippen molar-refractivity contribution in [3.8, 4) is 11.8 Å². The molecule has 3 aromatic carbocycles. The Morgan fingerprint density at radius 1 is 1.03 bits per heavy atom. The molecule has 1 saturated heterocycles. The number of carbonyl (C=O) groups excluding carboxylic acids is 1. The van der Waals surface area contributed by atoms with Crippen molar-refractivity contribution in [1.82, 2.24) is 14.8 Å².